The van der Waals surface area contributed by atoms with Gasteiger partial charge < -0.3 is 20.3 Å². The van der Waals surface area contributed by atoms with Gasteiger partial charge in [0.2, 0.25) is 5.91 Å². The van der Waals surface area contributed by atoms with Crippen molar-refractivity contribution in [3.8, 4) is 0 Å². The highest BCUT2D eigenvalue weighted by atomic mass is 16.5. The summed E-state index contributed by atoms with van der Waals surface area (Å²) in [5, 5.41) is 23.3. The number of rotatable bonds is 68. The number of hydrogen-bond acceptors (Lipinski definition) is 5. The van der Waals surface area contributed by atoms with Crippen LogP contribution in [0.1, 0.15) is 393 Å². The first-order valence-electron chi connectivity index (χ1n) is 36.4. The highest BCUT2D eigenvalue weighted by molar-refractivity contribution is 5.76. The van der Waals surface area contributed by atoms with Gasteiger partial charge in [0.15, 0.2) is 0 Å². The molecular weight excluding hydrogens is 995 g/mol. The van der Waals surface area contributed by atoms with Crippen LogP contribution in [0.3, 0.4) is 0 Å². The molecule has 6 nitrogen and oxygen atoms in total. The predicted octanol–water partition coefficient (Wildman–Crippen LogP) is 23.6. The zero-order chi connectivity index (χ0) is 58.5. The van der Waals surface area contributed by atoms with Crippen LogP contribution in [0, 0.1) is 0 Å². The van der Waals surface area contributed by atoms with Crippen molar-refractivity contribution in [3.05, 3.63) is 48.6 Å². The Morgan fingerprint density at radius 3 is 0.963 bits per heavy atom. The molecule has 3 N–H and O–H groups in total. The maximum Gasteiger partial charge on any atom is 0.305 e. The van der Waals surface area contributed by atoms with E-state index in [1.165, 1.54) is 315 Å². The zero-order valence-electron chi connectivity index (χ0n) is 54.5. The Morgan fingerprint density at radius 2 is 0.617 bits per heavy atom. The third-order valence-electron chi connectivity index (χ3n) is 16.8. The molecule has 0 rings (SSSR count). The molecule has 0 aliphatic rings. The van der Waals surface area contributed by atoms with Gasteiger partial charge in [0.25, 0.3) is 0 Å². The second-order valence-electron chi connectivity index (χ2n) is 24.9. The van der Waals surface area contributed by atoms with Crippen molar-refractivity contribution >= 4 is 11.9 Å². The number of nitrogens with one attached hydrogen (secondary N) is 1. The van der Waals surface area contributed by atoms with Crippen LogP contribution in [0.25, 0.3) is 0 Å². The minimum absolute atomic E-state index is 0.000138. The number of amides is 1. The Labute approximate surface area is 506 Å². The highest BCUT2D eigenvalue weighted by Gasteiger charge is 2.18. The lowest BCUT2D eigenvalue weighted by Gasteiger charge is -2.20. The second kappa shape index (κ2) is 70.3. The fourth-order valence-corrected chi connectivity index (χ4v) is 11.3. The smallest absolute Gasteiger partial charge is 0.305 e. The number of aliphatic hydroxyl groups excluding tert-OH is 2. The van der Waals surface area contributed by atoms with E-state index < -0.39 is 12.1 Å². The molecule has 0 aromatic rings. The maximum atomic E-state index is 12.5. The summed E-state index contributed by atoms with van der Waals surface area (Å²) in [4.78, 5) is 24.6. The van der Waals surface area contributed by atoms with Crippen molar-refractivity contribution in [1.29, 1.82) is 0 Å². The average Bonchev–Trinajstić information content (AvgIpc) is 3.47. The van der Waals surface area contributed by atoms with Crippen LogP contribution in [0.4, 0.5) is 0 Å². The van der Waals surface area contributed by atoms with E-state index in [0.717, 1.165) is 51.4 Å². The van der Waals surface area contributed by atoms with Crippen LogP contribution in [0.2, 0.25) is 0 Å². The maximum absolute atomic E-state index is 12.5. The topological polar surface area (TPSA) is 95.9 Å². The SMILES string of the molecule is CCCCCC/C=C\C/C=C\CCCCCCCC(=O)OCCCCCCCCCCCCCC/C=C\CCCCCCCCCCCC(=O)NC(CO)C(O)/C=C/CCCCCCCCCCCCCCCCCCCCCCC. The van der Waals surface area contributed by atoms with Gasteiger partial charge in [0.05, 0.1) is 25.4 Å². The molecule has 81 heavy (non-hydrogen) atoms. The Bertz CT molecular complexity index is 1360. The summed E-state index contributed by atoms with van der Waals surface area (Å²) in [6, 6.07) is -0.632. The quantitative estimate of drug-likeness (QED) is 0.0320. The fourth-order valence-electron chi connectivity index (χ4n) is 11.3. The van der Waals surface area contributed by atoms with Crippen molar-refractivity contribution < 1.29 is 24.5 Å². The van der Waals surface area contributed by atoms with Crippen LogP contribution in [-0.2, 0) is 14.3 Å². The van der Waals surface area contributed by atoms with Crippen molar-refractivity contribution in [3.63, 3.8) is 0 Å². The molecule has 0 fully saturated rings. The van der Waals surface area contributed by atoms with Crippen LogP contribution in [0.5, 0.6) is 0 Å². The van der Waals surface area contributed by atoms with Crippen LogP contribution < -0.4 is 5.32 Å². The highest BCUT2D eigenvalue weighted by Crippen LogP contribution is 2.18. The molecule has 2 unspecified atom stereocenters. The van der Waals surface area contributed by atoms with Crippen molar-refractivity contribution in [2.75, 3.05) is 13.2 Å². The van der Waals surface area contributed by atoms with Crippen LogP contribution in [-0.4, -0.2) is 47.4 Å². The molecule has 0 aromatic carbocycles. The molecule has 0 aliphatic heterocycles. The predicted molar refractivity (Wildman–Crippen MR) is 356 cm³/mol. The van der Waals surface area contributed by atoms with E-state index in [1.807, 2.05) is 6.08 Å². The number of ether oxygens (including phenoxy) is 1. The summed E-state index contributed by atoms with van der Waals surface area (Å²) < 4.78 is 5.49. The van der Waals surface area contributed by atoms with E-state index in [2.05, 4.69) is 55.6 Å². The van der Waals surface area contributed by atoms with Gasteiger partial charge in [-0.25, -0.2) is 0 Å². The first-order valence-corrected chi connectivity index (χ1v) is 36.4. The molecule has 6 heteroatoms. The Balaban J connectivity index is 3.43. The minimum Gasteiger partial charge on any atom is -0.466 e. The lowest BCUT2D eigenvalue weighted by atomic mass is 10.0. The molecule has 1 amide bonds. The molecule has 0 aliphatic carbocycles. The Kier molecular flexibility index (Phi) is 68.4. The fraction of sp³-hybridized carbons (Fsp3) is 0.867. The Morgan fingerprint density at radius 1 is 0.346 bits per heavy atom. The van der Waals surface area contributed by atoms with Crippen LogP contribution in [0.15, 0.2) is 48.6 Å². The van der Waals surface area contributed by atoms with Gasteiger partial charge in [-0.15, -0.1) is 0 Å². The summed E-state index contributed by atoms with van der Waals surface area (Å²) >= 11 is 0. The number of allylic oxidation sites excluding steroid dienone is 7. The largest absolute Gasteiger partial charge is 0.466 e. The third kappa shape index (κ3) is 66.8. The minimum atomic E-state index is -0.849. The molecule has 0 heterocycles. The monoisotopic (exact) mass is 1140 g/mol. The lowest BCUT2D eigenvalue weighted by Crippen LogP contribution is -2.45. The molecule has 0 spiro atoms. The van der Waals surface area contributed by atoms with Crippen molar-refractivity contribution in [1.82, 2.24) is 5.32 Å². The number of esters is 1. The van der Waals surface area contributed by atoms with Gasteiger partial charge in [-0.05, 0) is 89.9 Å². The van der Waals surface area contributed by atoms with E-state index >= 15 is 0 Å². The molecular formula is C75H141NO5. The second-order valence-corrected chi connectivity index (χ2v) is 24.9. The lowest BCUT2D eigenvalue weighted by molar-refractivity contribution is -0.143. The Hall–Kier alpha value is -2.18. The number of unbranched alkanes of at least 4 members (excludes halogenated alkanes) is 51. The molecule has 0 saturated carbocycles. The number of carbonyl (C=O) groups is 2. The van der Waals surface area contributed by atoms with Gasteiger partial charge >= 0.3 is 5.97 Å². The van der Waals surface area contributed by atoms with Gasteiger partial charge in [-0.1, -0.05) is 339 Å². The van der Waals surface area contributed by atoms with Gasteiger partial charge in [-0.2, -0.15) is 0 Å². The van der Waals surface area contributed by atoms with E-state index in [1.54, 1.807) is 6.08 Å². The summed E-state index contributed by atoms with van der Waals surface area (Å²) in [7, 11) is 0. The molecule has 476 valence electrons. The first-order chi connectivity index (χ1) is 40.0. The molecule has 0 aromatic heterocycles. The number of aliphatic hydroxyl groups is 2. The van der Waals surface area contributed by atoms with E-state index in [9.17, 15) is 19.8 Å². The number of carbonyl (C=O) groups excluding carboxylic acids is 2. The van der Waals surface area contributed by atoms with Crippen molar-refractivity contribution in [2.24, 2.45) is 0 Å². The standard InChI is InChI=1S/C75H141NO5/c1-3-5-7-9-11-13-15-17-19-21-22-23-27-30-33-36-39-43-47-51-55-59-63-67-73(78)72(71-77)76-74(79)68-64-60-56-52-48-44-40-37-34-31-28-25-24-26-29-32-35-38-42-46-50-54-58-62-66-70-81-75(80)69-65-61-57-53-49-45-41-20-18-16-14-12-10-8-6-4-2/h14,16,20,25,28,41,63,67,72-73,77-78H,3-13,15,17-19,21-24,26-27,29-40,42-62,64-66,68-71H2,1-2H3,(H,76,79)/b16-14-,28-25-,41-20-,67-63+. The third-order valence-corrected chi connectivity index (χ3v) is 16.8. The van der Waals surface area contributed by atoms with Crippen LogP contribution >= 0.6 is 0 Å². The summed E-state index contributed by atoms with van der Waals surface area (Å²) in [6.07, 6.45) is 91.9. The van der Waals surface area contributed by atoms with E-state index in [4.69, 9.17) is 4.74 Å². The number of hydrogen-bond donors (Lipinski definition) is 3. The van der Waals surface area contributed by atoms with E-state index in [-0.39, 0.29) is 18.5 Å². The normalized spacial score (nSPS) is 12.8. The summed E-state index contributed by atoms with van der Waals surface area (Å²) in [6.45, 7) is 4.91. The van der Waals surface area contributed by atoms with Crippen molar-refractivity contribution in [2.45, 2.75) is 405 Å². The molecule has 0 saturated heterocycles. The van der Waals surface area contributed by atoms with Gasteiger partial charge in [-0.3, -0.25) is 9.59 Å². The average molecular weight is 1140 g/mol. The summed E-state index contributed by atoms with van der Waals surface area (Å²) in [5.41, 5.74) is 0. The molecule has 0 bridgehead atoms. The van der Waals surface area contributed by atoms with E-state index in [0.29, 0.717) is 19.4 Å². The molecule has 2 atom stereocenters. The molecule has 0 radical (unpaired) electrons. The van der Waals surface area contributed by atoms with Gasteiger partial charge in [0.1, 0.15) is 0 Å². The first kappa shape index (κ1) is 78.8. The van der Waals surface area contributed by atoms with Gasteiger partial charge in [0, 0.05) is 12.8 Å². The summed E-state index contributed by atoms with van der Waals surface area (Å²) in [5.74, 6) is -0.0678. The zero-order valence-corrected chi connectivity index (χ0v) is 54.5.